The molecule has 2 atom stereocenters. The van der Waals surface area contributed by atoms with Crippen LogP contribution in [0.25, 0.3) is 0 Å². The molecule has 0 bridgehead atoms. The van der Waals surface area contributed by atoms with E-state index in [2.05, 4.69) is 0 Å². The molecule has 70 valence electrons. The lowest BCUT2D eigenvalue weighted by Crippen LogP contribution is -2.45. The van der Waals surface area contributed by atoms with Crippen molar-refractivity contribution in [2.75, 3.05) is 6.54 Å². The first-order valence-corrected chi connectivity index (χ1v) is 4.39. The molecule has 0 spiro atoms. The van der Waals surface area contributed by atoms with Crippen LogP contribution in [0.4, 0.5) is 0 Å². The van der Waals surface area contributed by atoms with Crippen LogP contribution in [-0.4, -0.2) is 22.2 Å². The summed E-state index contributed by atoms with van der Waals surface area (Å²) in [5.74, 6) is 0.0663. The molecule has 1 N–H and O–H groups in total. The minimum Gasteiger partial charge on any atom is -0.383 e. The van der Waals surface area contributed by atoms with Crippen LogP contribution in [0.1, 0.15) is 32.6 Å². The molecule has 0 heterocycles. The molecule has 0 aromatic rings. The Morgan fingerprint density at radius 2 is 2.33 bits per heavy atom. The molecule has 0 amide bonds. The summed E-state index contributed by atoms with van der Waals surface area (Å²) in [5.41, 5.74) is -1.04. The maximum absolute atomic E-state index is 10.3. The summed E-state index contributed by atoms with van der Waals surface area (Å²) in [6.07, 6.45) is 3.48. The predicted octanol–water partition coefficient (Wildman–Crippen LogP) is 1.20. The van der Waals surface area contributed by atoms with Crippen LogP contribution < -0.4 is 0 Å². The van der Waals surface area contributed by atoms with Crippen molar-refractivity contribution in [2.24, 2.45) is 5.92 Å². The lowest BCUT2D eigenvalue weighted by Gasteiger charge is -2.34. The van der Waals surface area contributed by atoms with Gasteiger partial charge >= 0.3 is 0 Å². The van der Waals surface area contributed by atoms with Gasteiger partial charge in [0.15, 0.2) is 0 Å². The Morgan fingerprint density at radius 3 is 2.83 bits per heavy atom. The van der Waals surface area contributed by atoms with Gasteiger partial charge in [-0.3, -0.25) is 10.1 Å². The van der Waals surface area contributed by atoms with E-state index in [1.165, 1.54) is 0 Å². The van der Waals surface area contributed by atoms with Gasteiger partial charge in [-0.05, 0) is 18.8 Å². The zero-order chi connectivity index (χ0) is 9.19. The largest absolute Gasteiger partial charge is 0.383 e. The van der Waals surface area contributed by atoms with Gasteiger partial charge in [-0.1, -0.05) is 19.8 Å². The molecule has 0 aromatic carbocycles. The van der Waals surface area contributed by atoms with Crippen molar-refractivity contribution in [2.45, 2.75) is 38.2 Å². The Balaban J connectivity index is 2.59. The first-order valence-electron chi connectivity index (χ1n) is 4.39. The molecular formula is C8H15NO3. The minimum absolute atomic E-state index is 0.0663. The van der Waals surface area contributed by atoms with Crippen molar-refractivity contribution >= 4 is 0 Å². The smallest absolute Gasteiger partial charge is 0.232 e. The minimum atomic E-state index is -1.04. The van der Waals surface area contributed by atoms with Crippen LogP contribution >= 0.6 is 0 Å². The molecule has 12 heavy (non-hydrogen) atoms. The summed E-state index contributed by atoms with van der Waals surface area (Å²) in [7, 11) is 0. The zero-order valence-corrected chi connectivity index (χ0v) is 7.32. The third-order valence-electron chi connectivity index (χ3n) is 2.82. The van der Waals surface area contributed by atoms with Crippen molar-refractivity contribution in [3.8, 4) is 0 Å². The Morgan fingerprint density at radius 1 is 1.67 bits per heavy atom. The number of nitro groups is 1. The fraction of sp³-hybridized carbons (Fsp3) is 1.00. The molecular weight excluding hydrogens is 158 g/mol. The standard InChI is InChI=1S/C8H15NO3/c1-7-4-2-3-5-8(7,10)6-9(11)12/h7,10H,2-6H2,1H3/t7-,8+/m1/s1. The highest BCUT2D eigenvalue weighted by molar-refractivity contribution is 4.87. The molecule has 1 saturated carbocycles. The molecule has 4 heteroatoms. The molecule has 1 aliphatic rings. The van der Waals surface area contributed by atoms with Crippen molar-refractivity contribution in [3.05, 3.63) is 10.1 Å². The van der Waals surface area contributed by atoms with Crippen molar-refractivity contribution in [1.82, 2.24) is 0 Å². The maximum atomic E-state index is 10.3. The van der Waals surface area contributed by atoms with E-state index in [4.69, 9.17) is 0 Å². The van der Waals surface area contributed by atoms with Crippen LogP contribution in [0.3, 0.4) is 0 Å². The second kappa shape index (κ2) is 3.39. The van der Waals surface area contributed by atoms with E-state index in [0.29, 0.717) is 6.42 Å². The van der Waals surface area contributed by atoms with Crippen LogP contribution in [0.2, 0.25) is 0 Å². The number of rotatable bonds is 2. The van der Waals surface area contributed by atoms with Crippen LogP contribution in [-0.2, 0) is 0 Å². The fourth-order valence-electron chi connectivity index (χ4n) is 1.86. The summed E-state index contributed by atoms with van der Waals surface area (Å²) in [4.78, 5) is 9.85. The highest BCUT2D eigenvalue weighted by atomic mass is 16.6. The predicted molar refractivity (Wildman–Crippen MR) is 44.4 cm³/mol. The van der Waals surface area contributed by atoms with Gasteiger partial charge in [0.2, 0.25) is 6.54 Å². The Bertz CT molecular complexity index is 183. The molecule has 0 radical (unpaired) electrons. The third kappa shape index (κ3) is 1.94. The normalized spacial score (nSPS) is 36.3. The van der Waals surface area contributed by atoms with Gasteiger partial charge in [0.25, 0.3) is 0 Å². The van der Waals surface area contributed by atoms with E-state index in [1.54, 1.807) is 0 Å². The van der Waals surface area contributed by atoms with E-state index in [1.807, 2.05) is 6.92 Å². The molecule has 1 fully saturated rings. The summed E-state index contributed by atoms with van der Waals surface area (Å²) in [6, 6.07) is 0. The lowest BCUT2D eigenvalue weighted by molar-refractivity contribution is -0.504. The molecule has 4 nitrogen and oxygen atoms in total. The second-order valence-electron chi connectivity index (χ2n) is 3.74. The molecule has 1 aliphatic carbocycles. The number of nitrogens with zero attached hydrogens (tertiary/aromatic N) is 1. The first kappa shape index (κ1) is 9.45. The third-order valence-corrected chi connectivity index (χ3v) is 2.82. The van der Waals surface area contributed by atoms with Gasteiger partial charge in [0.1, 0.15) is 5.60 Å². The fourth-order valence-corrected chi connectivity index (χ4v) is 1.86. The molecule has 0 aromatic heterocycles. The van der Waals surface area contributed by atoms with Gasteiger partial charge in [0, 0.05) is 4.92 Å². The quantitative estimate of drug-likeness (QED) is 0.504. The second-order valence-corrected chi connectivity index (χ2v) is 3.74. The van der Waals surface area contributed by atoms with Crippen LogP contribution in [0.15, 0.2) is 0 Å². The van der Waals surface area contributed by atoms with Crippen molar-refractivity contribution in [1.29, 1.82) is 0 Å². The van der Waals surface area contributed by atoms with Gasteiger partial charge < -0.3 is 5.11 Å². The Hall–Kier alpha value is -0.640. The average Bonchev–Trinajstić information content (AvgIpc) is 1.94. The summed E-state index contributed by atoms with van der Waals surface area (Å²) >= 11 is 0. The molecule has 0 saturated heterocycles. The molecule has 1 rings (SSSR count). The van der Waals surface area contributed by atoms with Crippen molar-refractivity contribution < 1.29 is 10.0 Å². The highest BCUT2D eigenvalue weighted by Gasteiger charge is 2.40. The number of hydrogen-bond acceptors (Lipinski definition) is 3. The zero-order valence-electron chi connectivity index (χ0n) is 7.32. The summed E-state index contributed by atoms with van der Waals surface area (Å²) in [6.45, 7) is 1.59. The van der Waals surface area contributed by atoms with E-state index in [0.717, 1.165) is 19.3 Å². The van der Waals surface area contributed by atoms with Crippen LogP contribution in [0.5, 0.6) is 0 Å². The van der Waals surface area contributed by atoms with E-state index < -0.39 is 10.5 Å². The van der Waals surface area contributed by atoms with Gasteiger partial charge in [-0.25, -0.2) is 0 Å². The van der Waals surface area contributed by atoms with Gasteiger partial charge in [0.05, 0.1) is 0 Å². The van der Waals surface area contributed by atoms with Crippen molar-refractivity contribution in [3.63, 3.8) is 0 Å². The number of hydrogen-bond donors (Lipinski definition) is 1. The maximum Gasteiger partial charge on any atom is 0.232 e. The average molecular weight is 173 g/mol. The van der Waals surface area contributed by atoms with E-state index >= 15 is 0 Å². The Labute approximate surface area is 71.7 Å². The Kier molecular flexibility index (Phi) is 2.67. The molecule has 0 unspecified atom stereocenters. The lowest BCUT2D eigenvalue weighted by atomic mass is 9.76. The van der Waals surface area contributed by atoms with E-state index in [9.17, 15) is 15.2 Å². The number of aliphatic hydroxyl groups is 1. The first-order chi connectivity index (χ1) is 5.54. The monoisotopic (exact) mass is 173 g/mol. The summed E-state index contributed by atoms with van der Waals surface area (Å²) < 4.78 is 0. The van der Waals surface area contributed by atoms with Crippen LogP contribution in [0, 0.1) is 16.0 Å². The highest BCUT2D eigenvalue weighted by Crippen LogP contribution is 2.33. The van der Waals surface area contributed by atoms with E-state index in [-0.39, 0.29) is 12.5 Å². The molecule has 0 aliphatic heterocycles. The van der Waals surface area contributed by atoms with Gasteiger partial charge in [-0.2, -0.15) is 0 Å². The SMILES string of the molecule is C[C@@H]1CCCC[C@]1(O)C[N+](=O)[O-]. The van der Waals surface area contributed by atoms with Gasteiger partial charge in [-0.15, -0.1) is 0 Å². The summed E-state index contributed by atoms with van der Waals surface area (Å²) in [5, 5.41) is 20.1. The topological polar surface area (TPSA) is 63.4 Å².